The summed E-state index contributed by atoms with van der Waals surface area (Å²) in [4.78, 5) is 34.8. The van der Waals surface area contributed by atoms with Gasteiger partial charge in [0.1, 0.15) is 6.61 Å². The Morgan fingerprint density at radius 3 is 2.12 bits per heavy atom. The van der Waals surface area contributed by atoms with Crippen molar-refractivity contribution in [2.45, 2.75) is 24.6 Å². The van der Waals surface area contributed by atoms with Gasteiger partial charge in [-0.25, -0.2) is 9.59 Å². The Labute approximate surface area is 198 Å². The van der Waals surface area contributed by atoms with E-state index in [1.165, 1.54) is 5.32 Å². The first-order valence-electron chi connectivity index (χ1n) is 10.3. The van der Waals surface area contributed by atoms with Crippen LogP contribution in [0.4, 0.5) is 18.0 Å². The first-order valence-corrected chi connectivity index (χ1v) is 11.5. The second kappa shape index (κ2) is 10.4. The van der Waals surface area contributed by atoms with Crippen molar-refractivity contribution in [3.8, 4) is 11.1 Å². The third-order valence-electron chi connectivity index (χ3n) is 5.48. The number of hydrogen-bond acceptors (Lipinski definition) is 5. The van der Waals surface area contributed by atoms with Gasteiger partial charge in [-0.05, 0) is 29.2 Å². The van der Waals surface area contributed by atoms with E-state index >= 15 is 0 Å². The van der Waals surface area contributed by atoms with E-state index < -0.39 is 35.4 Å². The standard InChI is InChI=1S/C23H23F3N2O5S/c1-22(20(30)31,23(24,25)26)28-19(29)13-34-11-10-27-21(32)33-12-18-16-8-4-2-6-14(16)15-7-3-5-9-17(15)18/h2-9,18H,10-13H2,1H3,(H,27,32)(H,28,29)(H,30,31). The first-order chi connectivity index (χ1) is 16.0. The van der Waals surface area contributed by atoms with Crippen molar-refractivity contribution in [3.63, 3.8) is 0 Å². The smallest absolute Gasteiger partial charge is 0.422 e. The zero-order chi connectivity index (χ0) is 24.9. The number of fused-ring (bicyclic) bond motifs is 3. The number of alkyl halides is 3. The fourth-order valence-corrected chi connectivity index (χ4v) is 4.25. The molecular weight excluding hydrogens is 473 g/mol. The molecule has 0 radical (unpaired) electrons. The van der Waals surface area contributed by atoms with Crippen molar-refractivity contribution in [1.82, 2.24) is 10.6 Å². The van der Waals surface area contributed by atoms with Crippen LogP contribution in [-0.4, -0.2) is 59.4 Å². The predicted octanol–water partition coefficient (Wildman–Crippen LogP) is 3.78. The summed E-state index contributed by atoms with van der Waals surface area (Å²) in [5, 5.41) is 12.9. The molecule has 0 saturated carbocycles. The molecule has 0 saturated heterocycles. The molecule has 2 aromatic rings. The van der Waals surface area contributed by atoms with Crippen molar-refractivity contribution < 1.29 is 37.4 Å². The molecule has 0 aromatic heterocycles. The van der Waals surface area contributed by atoms with Crippen LogP contribution in [0.3, 0.4) is 0 Å². The number of aliphatic carboxylic acids is 1. The number of rotatable bonds is 9. The van der Waals surface area contributed by atoms with E-state index in [0.717, 1.165) is 34.0 Å². The molecule has 2 amide bonds. The number of alkyl carbamates (subject to hydrolysis) is 1. The van der Waals surface area contributed by atoms with Crippen LogP contribution in [0, 0.1) is 0 Å². The van der Waals surface area contributed by atoms with Crippen LogP contribution < -0.4 is 10.6 Å². The Bertz CT molecular complexity index is 1030. The minimum atomic E-state index is -5.15. The van der Waals surface area contributed by atoms with Gasteiger partial charge < -0.3 is 20.5 Å². The van der Waals surface area contributed by atoms with Gasteiger partial charge in [-0.15, -0.1) is 0 Å². The molecule has 0 spiro atoms. The lowest BCUT2D eigenvalue weighted by Crippen LogP contribution is -2.62. The fraction of sp³-hybridized carbons (Fsp3) is 0.348. The van der Waals surface area contributed by atoms with Crippen LogP contribution in [0.2, 0.25) is 0 Å². The Kier molecular flexibility index (Phi) is 7.75. The van der Waals surface area contributed by atoms with Crippen molar-refractivity contribution in [2.24, 2.45) is 0 Å². The lowest BCUT2D eigenvalue weighted by Gasteiger charge is -2.28. The van der Waals surface area contributed by atoms with E-state index in [0.29, 0.717) is 6.92 Å². The highest BCUT2D eigenvalue weighted by atomic mass is 32.2. The number of carbonyl (C=O) groups is 3. The summed E-state index contributed by atoms with van der Waals surface area (Å²) in [5.41, 5.74) is 0.984. The minimum absolute atomic E-state index is 0.0894. The molecule has 3 N–H and O–H groups in total. The molecule has 1 aliphatic rings. The van der Waals surface area contributed by atoms with Crippen LogP contribution in [0.5, 0.6) is 0 Å². The van der Waals surface area contributed by atoms with Gasteiger partial charge in [0.15, 0.2) is 0 Å². The molecular formula is C23H23F3N2O5S. The Morgan fingerprint density at radius 2 is 1.59 bits per heavy atom. The molecule has 0 aliphatic heterocycles. The zero-order valence-electron chi connectivity index (χ0n) is 18.1. The number of amides is 2. The largest absolute Gasteiger partial charge is 0.479 e. The number of thioether (sulfide) groups is 1. The first kappa shape index (κ1) is 25.4. The van der Waals surface area contributed by atoms with E-state index in [-0.39, 0.29) is 24.8 Å². The highest BCUT2D eigenvalue weighted by Crippen LogP contribution is 2.44. The summed E-state index contributed by atoms with van der Waals surface area (Å²) >= 11 is 0.949. The molecule has 3 rings (SSSR count). The molecule has 0 fully saturated rings. The number of carboxylic acid groups (broad SMARTS) is 1. The van der Waals surface area contributed by atoms with E-state index in [9.17, 15) is 27.6 Å². The van der Waals surface area contributed by atoms with E-state index in [1.54, 1.807) is 0 Å². The summed E-state index contributed by atoms with van der Waals surface area (Å²) in [5.74, 6) is -3.55. The summed E-state index contributed by atoms with van der Waals surface area (Å²) in [6.45, 7) is 0.640. The summed E-state index contributed by atoms with van der Waals surface area (Å²) in [6, 6.07) is 15.8. The molecule has 182 valence electrons. The molecule has 11 heteroatoms. The summed E-state index contributed by atoms with van der Waals surface area (Å²) in [7, 11) is 0. The van der Waals surface area contributed by atoms with E-state index in [2.05, 4.69) is 5.32 Å². The SMILES string of the molecule is CC(NC(=O)CSCCNC(=O)OCC1c2ccccc2-c2ccccc21)(C(=O)O)C(F)(F)F. The third-order valence-corrected chi connectivity index (χ3v) is 6.44. The van der Waals surface area contributed by atoms with Gasteiger partial charge in [0.05, 0.1) is 5.75 Å². The number of carbonyl (C=O) groups excluding carboxylic acids is 2. The summed E-state index contributed by atoms with van der Waals surface area (Å²) < 4.78 is 44.2. The number of benzene rings is 2. The lowest BCUT2D eigenvalue weighted by atomic mass is 9.98. The second-order valence-corrected chi connectivity index (χ2v) is 8.89. The summed E-state index contributed by atoms with van der Waals surface area (Å²) in [6.07, 6.45) is -5.80. The Balaban J connectivity index is 1.41. The van der Waals surface area contributed by atoms with Crippen LogP contribution in [0.15, 0.2) is 48.5 Å². The van der Waals surface area contributed by atoms with Crippen molar-refractivity contribution in [3.05, 3.63) is 59.7 Å². The maximum Gasteiger partial charge on any atom is 0.422 e. The lowest BCUT2D eigenvalue weighted by molar-refractivity contribution is -0.206. The fourth-order valence-electron chi connectivity index (χ4n) is 3.60. The van der Waals surface area contributed by atoms with Gasteiger partial charge in [0.2, 0.25) is 11.4 Å². The van der Waals surface area contributed by atoms with Crippen LogP contribution in [0.25, 0.3) is 11.1 Å². The van der Waals surface area contributed by atoms with Gasteiger partial charge in [-0.2, -0.15) is 24.9 Å². The third kappa shape index (κ3) is 5.46. The van der Waals surface area contributed by atoms with Crippen LogP contribution in [-0.2, 0) is 14.3 Å². The second-order valence-electron chi connectivity index (χ2n) is 7.78. The monoisotopic (exact) mass is 496 g/mol. The average molecular weight is 497 g/mol. The van der Waals surface area contributed by atoms with Gasteiger partial charge in [-0.3, -0.25) is 4.79 Å². The molecule has 1 atom stereocenters. The predicted molar refractivity (Wildman–Crippen MR) is 121 cm³/mol. The van der Waals surface area contributed by atoms with Crippen LogP contribution in [0.1, 0.15) is 24.0 Å². The minimum Gasteiger partial charge on any atom is -0.479 e. The molecule has 2 aromatic carbocycles. The average Bonchev–Trinajstić information content (AvgIpc) is 3.10. The topological polar surface area (TPSA) is 105 Å². The molecule has 1 unspecified atom stereocenters. The zero-order valence-corrected chi connectivity index (χ0v) is 19.0. The van der Waals surface area contributed by atoms with E-state index in [4.69, 9.17) is 9.84 Å². The van der Waals surface area contributed by atoms with Gasteiger partial charge >= 0.3 is 18.2 Å². The molecule has 0 heterocycles. The normalized spacial score (nSPS) is 14.5. The van der Waals surface area contributed by atoms with Crippen molar-refractivity contribution in [1.29, 1.82) is 0 Å². The quantitative estimate of drug-likeness (QED) is 0.457. The highest BCUT2D eigenvalue weighted by Gasteiger charge is 2.58. The number of hydrogen-bond donors (Lipinski definition) is 3. The number of carboxylic acids is 1. The van der Waals surface area contributed by atoms with Crippen molar-refractivity contribution >= 4 is 29.7 Å². The van der Waals surface area contributed by atoms with E-state index in [1.807, 2.05) is 48.5 Å². The Morgan fingerprint density at radius 1 is 1.03 bits per heavy atom. The molecule has 1 aliphatic carbocycles. The molecule has 7 nitrogen and oxygen atoms in total. The molecule has 0 bridgehead atoms. The van der Waals surface area contributed by atoms with Gasteiger partial charge in [-0.1, -0.05) is 48.5 Å². The highest BCUT2D eigenvalue weighted by molar-refractivity contribution is 7.99. The Hall–Kier alpha value is -3.21. The maximum absolute atomic E-state index is 12.9. The van der Waals surface area contributed by atoms with Gasteiger partial charge in [0, 0.05) is 18.2 Å². The van der Waals surface area contributed by atoms with Crippen LogP contribution >= 0.6 is 11.8 Å². The number of ether oxygens (including phenoxy) is 1. The molecule has 34 heavy (non-hydrogen) atoms. The number of nitrogens with one attached hydrogen (secondary N) is 2. The van der Waals surface area contributed by atoms with Crippen molar-refractivity contribution in [2.75, 3.05) is 24.7 Å². The van der Waals surface area contributed by atoms with Gasteiger partial charge in [0.25, 0.3) is 0 Å². The maximum atomic E-state index is 12.9. The number of halogens is 3.